The Kier molecular flexibility index (Phi) is 9.82. The summed E-state index contributed by atoms with van der Waals surface area (Å²) in [4.78, 5) is 37.7. The lowest BCUT2D eigenvalue weighted by Gasteiger charge is -2.36. The minimum absolute atomic E-state index is 0.171. The summed E-state index contributed by atoms with van der Waals surface area (Å²) >= 11 is 0. The molecule has 1 aliphatic rings. The Labute approximate surface area is 253 Å². The molecule has 0 aliphatic carbocycles. The molecule has 1 aromatic heterocycles. The Hall–Kier alpha value is -4.52. The zero-order valence-electron chi connectivity index (χ0n) is 25.2. The predicted octanol–water partition coefficient (Wildman–Crippen LogP) is 8.04. The van der Waals surface area contributed by atoms with E-state index in [1.807, 2.05) is 25.1 Å². The van der Waals surface area contributed by atoms with Crippen LogP contribution in [-0.4, -0.2) is 40.1 Å². The van der Waals surface area contributed by atoms with Crippen molar-refractivity contribution >= 4 is 12.1 Å². The Morgan fingerprint density at radius 1 is 0.814 bits per heavy atom. The monoisotopic (exact) mass is 577 g/mol. The van der Waals surface area contributed by atoms with Crippen LogP contribution < -0.4 is 4.74 Å². The molecule has 5 rings (SSSR count). The van der Waals surface area contributed by atoms with Crippen molar-refractivity contribution in [1.82, 2.24) is 14.9 Å². The number of para-hydroxylation sites is 1. The Morgan fingerprint density at radius 2 is 1.44 bits per heavy atom. The molecule has 0 radical (unpaired) electrons. The average molecular weight is 578 g/mol. The van der Waals surface area contributed by atoms with Gasteiger partial charge in [0.2, 0.25) is 0 Å². The number of aromatic nitrogens is 2. The van der Waals surface area contributed by atoms with Crippen molar-refractivity contribution in [2.24, 2.45) is 0 Å². The number of rotatable bonds is 10. The minimum atomic E-state index is -0.394. The van der Waals surface area contributed by atoms with Crippen molar-refractivity contribution in [1.29, 1.82) is 0 Å². The zero-order valence-corrected chi connectivity index (χ0v) is 25.2. The highest BCUT2D eigenvalue weighted by Gasteiger charge is 2.35. The lowest BCUT2D eigenvalue weighted by Crippen LogP contribution is -2.42. The molecule has 2 heterocycles. The third-order valence-corrected chi connectivity index (χ3v) is 7.78. The van der Waals surface area contributed by atoms with Crippen LogP contribution in [0.25, 0.3) is 22.5 Å². The number of carbonyl (C=O) groups is 2. The van der Waals surface area contributed by atoms with Crippen LogP contribution in [0, 0.1) is 13.8 Å². The van der Waals surface area contributed by atoms with Crippen molar-refractivity contribution in [3.8, 4) is 28.3 Å². The van der Waals surface area contributed by atoms with Gasteiger partial charge in [0.25, 0.3) is 0 Å². The van der Waals surface area contributed by atoms with Crippen molar-refractivity contribution in [3.05, 3.63) is 101 Å². The molecule has 0 bridgehead atoms. The van der Waals surface area contributed by atoms with E-state index in [-0.39, 0.29) is 12.0 Å². The summed E-state index contributed by atoms with van der Waals surface area (Å²) in [5, 5.41) is 0. The highest BCUT2D eigenvalue weighted by Crippen LogP contribution is 2.38. The first-order valence-corrected chi connectivity index (χ1v) is 15.2. The standard InChI is InChI=1S/C36H39N3O4/c1-4-42-32(40)14-10-6-9-13-31-35-30(23-24-39(31)36(41)43-29-11-7-5-8-12-29)37-33(27-19-15-25(2)16-20-27)34(38-35)28-21-17-26(3)18-22-28/h5,7-8,11-12,15-22,31H,4,6,9-10,13-14,23-24H2,1-3H3. The molecule has 7 heteroatoms. The van der Waals surface area contributed by atoms with Gasteiger partial charge in [0.1, 0.15) is 5.75 Å². The fourth-order valence-corrected chi connectivity index (χ4v) is 5.47. The van der Waals surface area contributed by atoms with Gasteiger partial charge in [-0.2, -0.15) is 0 Å². The lowest BCUT2D eigenvalue weighted by molar-refractivity contribution is -0.143. The summed E-state index contributed by atoms with van der Waals surface area (Å²) in [5.41, 5.74) is 7.71. The van der Waals surface area contributed by atoms with Crippen LogP contribution in [0.2, 0.25) is 0 Å². The van der Waals surface area contributed by atoms with E-state index in [4.69, 9.17) is 19.4 Å². The molecule has 1 amide bonds. The zero-order chi connectivity index (χ0) is 30.2. The Balaban J connectivity index is 1.50. The number of carbonyl (C=O) groups excluding carboxylic acids is 2. The topological polar surface area (TPSA) is 81.6 Å². The first kappa shape index (κ1) is 30.0. The molecule has 1 aliphatic heterocycles. The predicted molar refractivity (Wildman–Crippen MR) is 168 cm³/mol. The third kappa shape index (κ3) is 7.47. The molecule has 222 valence electrons. The first-order chi connectivity index (χ1) is 20.9. The van der Waals surface area contributed by atoms with E-state index in [0.717, 1.165) is 53.2 Å². The largest absolute Gasteiger partial charge is 0.466 e. The van der Waals surface area contributed by atoms with Crippen molar-refractivity contribution in [2.75, 3.05) is 13.2 Å². The Bertz CT molecular complexity index is 1540. The molecule has 0 saturated heterocycles. The molecule has 0 N–H and O–H groups in total. The molecular formula is C36H39N3O4. The molecule has 7 nitrogen and oxygen atoms in total. The van der Waals surface area contributed by atoms with E-state index < -0.39 is 6.09 Å². The van der Waals surface area contributed by atoms with Gasteiger partial charge in [0, 0.05) is 30.5 Å². The molecule has 0 fully saturated rings. The number of hydrogen-bond donors (Lipinski definition) is 0. The average Bonchev–Trinajstić information content (AvgIpc) is 3.01. The minimum Gasteiger partial charge on any atom is -0.466 e. The van der Waals surface area contributed by atoms with Crippen molar-refractivity contribution in [2.45, 2.75) is 65.3 Å². The van der Waals surface area contributed by atoms with E-state index in [1.54, 1.807) is 17.0 Å². The number of hydrogen-bond acceptors (Lipinski definition) is 6. The number of unbranched alkanes of at least 4 members (excludes halogenated alkanes) is 2. The maximum absolute atomic E-state index is 13.5. The van der Waals surface area contributed by atoms with Gasteiger partial charge in [-0.25, -0.2) is 14.8 Å². The SMILES string of the molecule is CCOC(=O)CCCCCC1c2nc(-c3ccc(C)cc3)c(-c3ccc(C)cc3)nc2CCN1C(=O)Oc1ccccc1. The number of benzene rings is 3. The molecule has 0 spiro atoms. The van der Waals surface area contributed by atoms with E-state index >= 15 is 0 Å². The maximum atomic E-state index is 13.5. The maximum Gasteiger partial charge on any atom is 0.415 e. The van der Waals surface area contributed by atoms with Crippen molar-refractivity contribution < 1.29 is 19.1 Å². The molecule has 1 unspecified atom stereocenters. The lowest BCUT2D eigenvalue weighted by atomic mass is 9.94. The third-order valence-electron chi connectivity index (χ3n) is 7.78. The highest BCUT2D eigenvalue weighted by atomic mass is 16.6. The van der Waals surface area contributed by atoms with Crippen LogP contribution >= 0.6 is 0 Å². The van der Waals surface area contributed by atoms with Gasteiger partial charge in [0.15, 0.2) is 0 Å². The van der Waals surface area contributed by atoms with Crippen LogP contribution in [0.5, 0.6) is 5.75 Å². The number of nitrogens with zero attached hydrogens (tertiary/aromatic N) is 3. The fraction of sp³-hybridized carbons (Fsp3) is 0.333. The summed E-state index contributed by atoms with van der Waals surface area (Å²) < 4.78 is 10.9. The van der Waals surface area contributed by atoms with Gasteiger partial charge >= 0.3 is 12.1 Å². The van der Waals surface area contributed by atoms with E-state index in [1.165, 1.54) is 11.1 Å². The normalized spacial score (nSPS) is 14.2. The quantitative estimate of drug-likeness (QED) is 0.140. The molecule has 1 atom stereocenters. The number of fused-ring (bicyclic) bond motifs is 1. The first-order valence-electron chi connectivity index (χ1n) is 15.2. The van der Waals surface area contributed by atoms with Gasteiger partial charge < -0.3 is 9.47 Å². The number of aryl methyl sites for hydroxylation is 2. The summed E-state index contributed by atoms with van der Waals surface area (Å²) in [6.07, 6.45) is 3.66. The van der Waals surface area contributed by atoms with E-state index in [0.29, 0.717) is 38.2 Å². The number of esters is 1. The van der Waals surface area contributed by atoms with Gasteiger partial charge in [-0.05, 0) is 45.7 Å². The second-order valence-corrected chi connectivity index (χ2v) is 11.0. The van der Waals surface area contributed by atoms with E-state index in [2.05, 4.69) is 62.4 Å². The molecular weight excluding hydrogens is 538 g/mol. The second-order valence-electron chi connectivity index (χ2n) is 11.0. The molecule has 4 aromatic rings. The Morgan fingerprint density at radius 3 is 2.07 bits per heavy atom. The van der Waals surface area contributed by atoms with Gasteiger partial charge in [-0.15, -0.1) is 0 Å². The molecule has 3 aromatic carbocycles. The molecule has 0 saturated carbocycles. The van der Waals surface area contributed by atoms with E-state index in [9.17, 15) is 9.59 Å². The summed E-state index contributed by atoms with van der Waals surface area (Å²) in [5.74, 6) is 0.337. The fourth-order valence-electron chi connectivity index (χ4n) is 5.47. The van der Waals surface area contributed by atoms with Crippen molar-refractivity contribution in [3.63, 3.8) is 0 Å². The van der Waals surface area contributed by atoms with Crippen LogP contribution in [0.1, 0.15) is 67.6 Å². The number of amides is 1. The van der Waals surface area contributed by atoms with Crippen LogP contribution in [0.3, 0.4) is 0 Å². The number of ether oxygens (including phenoxy) is 2. The van der Waals surface area contributed by atoms with Crippen LogP contribution in [0.4, 0.5) is 4.79 Å². The summed E-state index contributed by atoms with van der Waals surface area (Å²) in [6.45, 7) is 6.83. The van der Waals surface area contributed by atoms with Gasteiger partial charge in [0.05, 0.1) is 35.4 Å². The van der Waals surface area contributed by atoms with Gasteiger partial charge in [-0.3, -0.25) is 9.69 Å². The van der Waals surface area contributed by atoms with Crippen LogP contribution in [-0.2, 0) is 16.0 Å². The summed E-state index contributed by atoms with van der Waals surface area (Å²) in [6, 6.07) is 25.6. The summed E-state index contributed by atoms with van der Waals surface area (Å²) in [7, 11) is 0. The smallest absolute Gasteiger partial charge is 0.415 e. The second kappa shape index (κ2) is 14.1. The van der Waals surface area contributed by atoms with Crippen LogP contribution in [0.15, 0.2) is 78.9 Å². The highest BCUT2D eigenvalue weighted by molar-refractivity contribution is 5.79. The molecule has 43 heavy (non-hydrogen) atoms. The van der Waals surface area contributed by atoms with Gasteiger partial charge in [-0.1, -0.05) is 90.7 Å².